The van der Waals surface area contributed by atoms with Crippen molar-refractivity contribution in [3.05, 3.63) is 0 Å². The van der Waals surface area contributed by atoms with Crippen LogP contribution in [0.2, 0.25) is 0 Å². The highest BCUT2D eigenvalue weighted by atomic mass is 33.1. The fraction of sp³-hybridized carbons (Fsp3) is 1.00. The first kappa shape index (κ1) is 20.5. The second kappa shape index (κ2) is 29.2. The predicted octanol–water partition coefficient (Wildman–Crippen LogP) is 4.92. The molecule has 0 aliphatic carbocycles. The van der Waals surface area contributed by atoms with Crippen LogP contribution in [-0.4, -0.2) is 42.6 Å². The van der Waals surface area contributed by atoms with Crippen LogP contribution in [0.25, 0.3) is 0 Å². The molecule has 0 nitrogen and oxygen atoms in total. The van der Waals surface area contributed by atoms with Gasteiger partial charge in [-0.3, -0.25) is 0 Å². The molecule has 0 spiro atoms. The molecule has 0 heterocycles. The third kappa shape index (κ3) is 55.5. The minimum atomic E-state index is 1.22. The Hall–Kier alpha value is 2.10. The molecule has 0 bridgehead atoms. The molecule has 84 valence electrons. The molecule has 0 rings (SSSR count). The van der Waals surface area contributed by atoms with Crippen LogP contribution in [0.5, 0.6) is 0 Å². The fourth-order valence-corrected chi connectivity index (χ4v) is 1.06. The van der Waals surface area contributed by atoms with E-state index < -0.39 is 0 Å². The third-order valence-electron chi connectivity index (χ3n) is 0.569. The van der Waals surface area contributed by atoms with Gasteiger partial charge in [0.2, 0.25) is 0 Å². The highest BCUT2D eigenvalue weighted by Crippen LogP contribution is 2.09. The van der Waals surface area contributed by atoms with Gasteiger partial charge >= 0.3 is 0 Å². The number of hydrogen-bond donors (Lipinski definition) is 0. The zero-order chi connectivity index (χ0) is 10.9. The van der Waals surface area contributed by atoms with Crippen LogP contribution in [0.15, 0.2) is 0 Å². The van der Waals surface area contributed by atoms with E-state index >= 15 is 0 Å². The SMILES string of the molecule is CSCSC.CSSC.CSSC. The smallest absolute Gasteiger partial charge is 0.0386 e. The Bertz CT molecular complexity index is 42.2. The molecule has 6 heteroatoms. The Morgan fingerprint density at radius 1 is 0.538 bits per heavy atom. The van der Waals surface area contributed by atoms with Crippen LogP contribution in [0.3, 0.4) is 0 Å². The monoisotopic (exact) mass is 296 g/mol. The summed E-state index contributed by atoms with van der Waals surface area (Å²) < 4.78 is 0. The number of thioether (sulfide) groups is 2. The van der Waals surface area contributed by atoms with Gasteiger partial charge in [-0.05, 0) is 37.5 Å². The van der Waals surface area contributed by atoms with Gasteiger partial charge in [0.1, 0.15) is 0 Å². The van der Waals surface area contributed by atoms with E-state index in [0.29, 0.717) is 0 Å². The first-order valence-electron chi connectivity index (χ1n) is 3.36. The van der Waals surface area contributed by atoms with Gasteiger partial charge in [-0.2, -0.15) is 23.5 Å². The standard InChI is InChI=1S/C3H8S2.2C2H6S2/c1-4-3-5-2;2*1-3-4-2/h3H2,1-2H3;2*1-2H3. The normalized spacial score (nSPS) is 7.85. The molecular weight excluding hydrogens is 276 g/mol. The third-order valence-corrected chi connectivity index (χ3v) is 5.12. The maximum atomic E-state index is 2.11. The van der Waals surface area contributed by atoms with Crippen molar-refractivity contribution in [3.8, 4) is 0 Å². The second-order valence-electron chi connectivity index (χ2n) is 1.36. The summed E-state index contributed by atoms with van der Waals surface area (Å²) in [6.45, 7) is 0. The van der Waals surface area contributed by atoms with Gasteiger partial charge in [0, 0.05) is 5.08 Å². The summed E-state index contributed by atoms with van der Waals surface area (Å²) in [7, 11) is 7.09. The van der Waals surface area contributed by atoms with Crippen molar-refractivity contribution in [3.63, 3.8) is 0 Å². The van der Waals surface area contributed by atoms with Gasteiger partial charge in [0.15, 0.2) is 0 Å². The average molecular weight is 297 g/mol. The van der Waals surface area contributed by atoms with Crippen LogP contribution in [0, 0.1) is 0 Å². The van der Waals surface area contributed by atoms with Crippen molar-refractivity contribution in [1.29, 1.82) is 0 Å². The van der Waals surface area contributed by atoms with E-state index in [1.54, 1.807) is 43.2 Å². The summed E-state index contributed by atoms with van der Waals surface area (Å²) in [5, 5.41) is 1.22. The Morgan fingerprint density at radius 3 is 0.769 bits per heavy atom. The highest BCUT2D eigenvalue weighted by molar-refractivity contribution is 8.76. The van der Waals surface area contributed by atoms with Crippen molar-refractivity contribution in [2.45, 2.75) is 0 Å². The Morgan fingerprint density at radius 2 is 0.769 bits per heavy atom. The summed E-state index contributed by atoms with van der Waals surface area (Å²) in [5.41, 5.74) is 0. The molecule has 0 radical (unpaired) electrons. The van der Waals surface area contributed by atoms with Gasteiger partial charge in [-0.1, -0.05) is 43.2 Å². The molecule has 0 aliphatic rings. The van der Waals surface area contributed by atoms with Crippen LogP contribution >= 0.6 is 66.7 Å². The molecule has 0 saturated carbocycles. The van der Waals surface area contributed by atoms with Crippen LogP contribution in [0.1, 0.15) is 0 Å². The van der Waals surface area contributed by atoms with E-state index in [2.05, 4.69) is 37.5 Å². The summed E-state index contributed by atoms with van der Waals surface area (Å²) in [5.74, 6) is 0. The molecular formula is C7H20S6. The summed E-state index contributed by atoms with van der Waals surface area (Å²) in [6.07, 6.45) is 12.5. The van der Waals surface area contributed by atoms with Gasteiger partial charge in [0.05, 0.1) is 0 Å². The summed E-state index contributed by atoms with van der Waals surface area (Å²) in [6, 6.07) is 0. The molecule has 0 aromatic carbocycles. The van der Waals surface area contributed by atoms with Crippen molar-refractivity contribution >= 4 is 66.7 Å². The van der Waals surface area contributed by atoms with E-state index in [-0.39, 0.29) is 0 Å². The number of hydrogen-bond acceptors (Lipinski definition) is 6. The topological polar surface area (TPSA) is 0 Å². The zero-order valence-corrected chi connectivity index (χ0v) is 14.1. The molecule has 0 aromatic heterocycles. The van der Waals surface area contributed by atoms with Gasteiger partial charge < -0.3 is 0 Å². The lowest BCUT2D eigenvalue weighted by Crippen LogP contribution is -1.56. The molecule has 0 aromatic rings. The summed E-state index contributed by atoms with van der Waals surface area (Å²) in [4.78, 5) is 0. The maximum Gasteiger partial charge on any atom is 0.0386 e. The van der Waals surface area contributed by atoms with Gasteiger partial charge in [-0.15, -0.1) is 0 Å². The van der Waals surface area contributed by atoms with E-state index in [0.717, 1.165) is 0 Å². The Labute approximate surface area is 108 Å². The minimum absolute atomic E-state index is 1.22. The lowest BCUT2D eigenvalue weighted by Gasteiger charge is -1.80. The molecule has 0 aliphatic heterocycles. The van der Waals surface area contributed by atoms with Crippen molar-refractivity contribution < 1.29 is 0 Å². The molecule has 0 saturated heterocycles. The lowest BCUT2D eigenvalue weighted by molar-refractivity contribution is 2.20. The van der Waals surface area contributed by atoms with Crippen LogP contribution in [-0.2, 0) is 0 Å². The van der Waals surface area contributed by atoms with Gasteiger partial charge in [-0.25, -0.2) is 0 Å². The largest absolute Gasteiger partial charge is 0.155 e. The summed E-state index contributed by atoms with van der Waals surface area (Å²) >= 11 is 3.73. The Kier molecular flexibility index (Phi) is 46.1. The van der Waals surface area contributed by atoms with Gasteiger partial charge in [0.25, 0.3) is 0 Å². The molecule has 0 fully saturated rings. The van der Waals surface area contributed by atoms with E-state index in [4.69, 9.17) is 0 Å². The molecule has 0 unspecified atom stereocenters. The first-order chi connectivity index (χ1) is 6.24. The Balaban J connectivity index is -0.000000117. The fourth-order valence-electron chi connectivity index (χ4n) is 0.118. The molecule has 0 atom stereocenters. The lowest BCUT2D eigenvalue weighted by atomic mass is 11.9. The van der Waals surface area contributed by atoms with Crippen molar-refractivity contribution in [2.75, 3.05) is 42.6 Å². The van der Waals surface area contributed by atoms with Crippen molar-refractivity contribution in [1.82, 2.24) is 0 Å². The molecule has 0 amide bonds. The maximum absolute atomic E-state index is 2.11. The number of rotatable bonds is 4. The van der Waals surface area contributed by atoms with Crippen LogP contribution in [0.4, 0.5) is 0 Å². The quantitative estimate of drug-likeness (QED) is 0.529. The average Bonchev–Trinajstić information content (AvgIpc) is 2.20. The zero-order valence-electron chi connectivity index (χ0n) is 9.16. The van der Waals surface area contributed by atoms with Crippen LogP contribution < -0.4 is 0 Å². The molecule has 13 heavy (non-hydrogen) atoms. The van der Waals surface area contributed by atoms with Crippen molar-refractivity contribution in [2.24, 2.45) is 0 Å². The molecule has 0 N–H and O–H groups in total. The van der Waals surface area contributed by atoms with E-state index in [1.807, 2.05) is 23.5 Å². The van der Waals surface area contributed by atoms with E-state index in [9.17, 15) is 0 Å². The second-order valence-corrected chi connectivity index (χ2v) is 8.79. The minimum Gasteiger partial charge on any atom is -0.155 e. The first-order valence-corrected chi connectivity index (χ1v) is 12.1. The highest BCUT2D eigenvalue weighted by Gasteiger charge is 1.67. The van der Waals surface area contributed by atoms with E-state index in [1.165, 1.54) is 5.08 Å². The predicted molar refractivity (Wildman–Crippen MR) is 86.0 cm³/mol.